The van der Waals surface area contributed by atoms with Crippen molar-refractivity contribution in [1.82, 2.24) is 0 Å². The van der Waals surface area contributed by atoms with Gasteiger partial charge in [0, 0.05) is 0 Å². The van der Waals surface area contributed by atoms with Crippen LogP contribution in [0, 0.1) is 0 Å². The molecule has 0 aliphatic rings. The smallest absolute Gasteiger partial charge is 0.744 e. The summed E-state index contributed by atoms with van der Waals surface area (Å²) in [5, 5.41) is 2.08. The number of hydrogen-bond donors (Lipinski definition) is 0. The van der Waals surface area contributed by atoms with Gasteiger partial charge >= 0.3 is 51.4 Å². The first-order valence-corrected chi connectivity index (χ1v) is 16.4. The molecule has 0 N–H and O–H groups in total. The average Bonchev–Trinajstić information content (AvgIpc) is 2.86. The molecule has 0 saturated carbocycles. The van der Waals surface area contributed by atoms with Gasteiger partial charge in [-0.3, -0.25) is 0 Å². The van der Waals surface area contributed by atoms with Crippen LogP contribution < -0.4 is 51.4 Å². The number of aryl methyl sites for hydroxylation is 2. The summed E-state index contributed by atoms with van der Waals surface area (Å²) in [5.41, 5.74) is 1.96. The SMILES string of the molecule is CCCCCCCCCCCc1cccc2ccc(S(=O)(=O)[O-])c(CCCCCCCCCCC)c12.[K+]. The summed E-state index contributed by atoms with van der Waals surface area (Å²) in [5.74, 6) is 0. The zero-order valence-electron chi connectivity index (χ0n) is 24.2. The largest absolute Gasteiger partial charge is 1.00 e. The molecule has 0 radical (unpaired) electrons. The topological polar surface area (TPSA) is 57.2 Å². The Balaban J connectivity index is 0.00000684. The molecule has 0 aliphatic heterocycles. The normalized spacial score (nSPS) is 11.6. The molecule has 0 amide bonds. The summed E-state index contributed by atoms with van der Waals surface area (Å²) in [6, 6.07) is 9.61. The van der Waals surface area contributed by atoms with Crippen LogP contribution >= 0.6 is 0 Å². The molecule has 37 heavy (non-hydrogen) atoms. The van der Waals surface area contributed by atoms with E-state index in [1.54, 1.807) is 0 Å². The molecule has 0 aliphatic carbocycles. The minimum atomic E-state index is -4.49. The fourth-order valence-electron chi connectivity index (χ4n) is 5.45. The van der Waals surface area contributed by atoms with E-state index in [1.807, 2.05) is 6.07 Å². The zero-order chi connectivity index (χ0) is 26.1. The van der Waals surface area contributed by atoms with E-state index in [9.17, 15) is 13.0 Å². The summed E-state index contributed by atoms with van der Waals surface area (Å²) in [6.45, 7) is 4.50. The Morgan fingerprint density at radius 2 is 1.05 bits per heavy atom. The monoisotopic (exact) mass is 554 g/mol. The van der Waals surface area contributed by atoms with Crippen LogP contribution in [0.3, 0.4) is 0 Å². The van der Waals surface area contributed by atoms with Crippen molar-refractivity contribution in [2.45, 2.75) is 147 Å². The van der Waals surface area contributed by atoms with Crippen molar-refractivity contribution < 1.29 is 64.4 Å². The molecule has 0 bridgehead atoms. The predicted molar refractivity (Wildman–Crippen MR) is 154 cm³/mol. The number of rotatable bonds is 21. The third kappa shape index (κ3) is 13.9. The Morgan fingerprint density at radius 1 is 0.595 bits per heavy atom. The molecule has 204 valence electrons. The third-order valence-corrected chi connectivity index (χ3v) is 8.47. The van der Waals surface area contributed by atoms with Crippen molar-refractivity contribution in [2.75, 3.05) is 0 Å². The summed E-state index contributed by atoms with van der Waals surface area (Å²) < 4.78 is 36.4. The van der Waals surface area contributed by atoms with Crippen LogP contribution in [-0.4, -0.2) is 13.0 Å². The Hall–Kier alpha value is 0.246. The van der Waals surface area contributed by atoms with E-state index < -0.39 is 10.1 Å². The van der Waals surface area contributed by atoms with Gasteiger partial charge in [-0.1, -0.05) is 141 Å². The zero-order valence-corrected chi connectivity index (χ0v) is 28.1. The molecule has 0 aromatic heterocycles. The molecule has 2 aromatic carbocycles. The van der Waals surface area contributed by atoms with Gasteiger partial charge in [-0.15, -0.1) is 0 Å². The van der Waals surface area contributed by atoms with E-state index in [1.165, 1.54) is 108 Å². The second-order valence-corrected chi connectivity index (χ2v) is 12.0. The van der Waals surface area contributed by atoms with Gasteiger partial charge in [0.1, 0.15) is 10.1 Å². The van der Waals surface area contributed by atoms with E-state index in [2.05, 4.69) is 32.0 Å². The maximum atomic E-state index is 12.1. The van der Waals surface area contributed by atoms with Crippen LogP contribution in [0.2, 0.25) is 0 Å². The van der Waals surface area contributed by atoms with E-state index in [0.29, 0.717) is 6.42 Å². The number of fused-ring (bicyclic) bond motifs is 1. The molecule has 2 aromatic rings. The Morgan fingerprint density at radius 3 is 1.54 bits per heavy atom. The van der Waals surface area contributed by atoms with Crippen molar-refractivity contribution >= 4 is 20.9 Å². The summed E-state index contributed by atoms with van der Waals surface area (Å²) >= 11 is 0. The summed E-state index contributed by atoms with van der Waals surface area (Å²) in [6.07, 6.45) is 24.2. The van der Waals surface area contributed by atoms with Crippen LogP contribution in [0.15, 0.2) is 35.2 Å². The maximum absolute atomic E-state index is 12.1. The van der Waals surface area contributed by atoms with Crippen LogP contribution in [0.1, 0.15) is 141 Å². The van der Waals surface area contributed by atoms with Gasteiger partial charge in [0.15, 0.2) is 0 Å². The first-order chi connectivity index (χ1) is 17.5. The quantitative estimate of drug-likeness (QED) is 0.0958. The van der Waals surface area contributed by atoms with Gasteiger partial charge in [0.05, 0.1) is 4.90 Å². The van der Waals surface area contributed by atoms with E-state index >= 15 is 0 Å². The molecule has 0 unspecified atom stereocenters. The second kappa shape index (κ2) is 21.1. The fraction of sp³-hybridized carbons (Fsp3) is 0.688. The van der Waals surface area contributed by atoms with Crippen LogP contribution in [0.4, 0.5) is 0 Å². The predicted octanol–water partition coefficient (Wildman–Crippen LogP) is 6.89. The Labute approximate surface area is 271 Å². The maximum Gasteiger partial charge on any atom is 1.00 e. The molecule has 0 fully saturated rings. The molecule has 0 saturated heterocycles. The third-order valence-electron chi connectivity index (χ3n) is 7.55. The van der Waals surface area contributed by atoms with Crippen molar-refractivity contribution in [1.29, 1.82) is 0 Å². The van der Waals surface area contributed by atoms with Crippen LogP contribution in [0.25, 0.3) is 10.8 Å². The first kappa shape index (κ1) is 35.3. The van der Waals surface area contributed by atoms with Gasteiger partial charge in [0.25, 0.3) is 0 Å². The van der Waals surface area contributed by atoms with Gasteiger partial charge in [-0.2, -0.15) is 0 Å². The molecule has 0 spiro atoms. The number of hydrogen-bond acceptors (Lipinski definition) is 3. The van der Waals surface area contributed by atoms with Crippen LogP contribution in [0.5, 0.6) is 0 Å². The molecule has 3 nitrogen and oxygen atoms in total. The van der Waals surface area contributed by atoms with Gasteiger partial charge in [-0.05, 0) is 53.6 Å². The summed E-state index contributed by atoms with van der Waals surface area (Å²) in [7, 11) is -4.49. The molecular formula is C32H51KO3S. The molecular weight excluding hydrogens is 504 g/mol. The Bertz CT molecular complexity index is 971. The van der Waals surface area contributed by atoms with E-state index in [0.717, 1.165) is 42.0 Å². The molecule has 5 heteroatoms. The van der Waals surface area contributed by atoms with Crippen LogP contribution in [-0.2, 0) is 23.0 Å². The molecule has 2 rings (SSSR count). The molecule has 0 heterocycles. The fourth-order valence-corrected chi connectivity index (χ4v) is 6.19. The minimum Gasteiger partial charge on any atom is -0.744 e. The van der Waals surface area contributed by atoms with Crippen molar-refractivity contribution in [2.24, 2.45) is 0 Å². The van der Waals surface area contributed by atoms with Gasteiger partial charge in [-0.25, -0.2) is 8.42 Å². The Kier molecular flexibility index (Phi) is 20.1. The van der Waals surface area contributed by atoms with Crippen molar-refractivity contribution in [3.05, 3.63) is 41.5 Å². The van der Waals surface area contributed by atoms with E-state index in [-0.39, 0.29) is 56.3 Å². The second-order valence-electron chi connectivity index (χ2n) is 10.7. The average molecular weight is 555 g/mol. The number of unbranched alkanes of at least 4 members (excludes halogenated alkanes) is 16. The standard InChI is InChI=1S/C32H52O3S.K/c1-3-5-7-9-11-13-15-17-19-22-28-23-21-24-29-26-27-31(36(33,34)35)30(32(28)29)25-20-18-16-14-12-10-8-6-4-2;/h21,23-24,26-27H,3-20,22,25H2,1-2H3,(H,33,34,35);/q;+1/p-1. The van der Waals surface area contributed by atoms with Crippen molar-refractivity contribution in [3.8, 4) is 0 Å². The van der Waals surface area contributed by atoms with Crippen molar-refractivity contribution in [3.63, 3.8) is 0 Å². The minimum absolute atomic E-state index is 0. The van der Waals surface area contributed by atoms with Gasteiger partial charge < -0.3 is 4.55 Å². The molecule has 0 atom stereocenters. The van der Waals surface area contributed by atoms with E-state index in [4.69, 9.17) is 0 Å². The number of benzene rings is 2. The summed E-state index contributed by atoms with van der Waals surface area (Å²) in [4.78, 5) is -0.00547. The first-order valence-electron chi connectivity index (χ1n) is 15.0. The van der Waals surface area contributed by atoms with Gasteiger partial charge in [0.2, 0.25) is 0 Å².